The molecular formula is C52H61ClF5N7O15. The van der Waals surface area contributed by atoms with Gasteiger partial charge in [-0.25, -0.2) is 22.5 Å². The van der Waals surface area contributed by atoms with Crippen LogP contribution in [0.2, 0.25) is 5.02 Å². The minimum atomic E-state index is -2.40. The summed E-state index contributed by atoms with van der Waals surface area (Å²) in [6.07, 6.45) is -1.62. The molecule has 0 unspecified atom stereocenters. The molecule has 1 aromatic heterocycles. The number of anilines is 2. The molecule has 22 nitrogen and oxygen atoms in total. The number of carbonyl (C=O) groups is 4. The van der Waals surface area contributed by atoms with Gasteiger partial charge in [0.05, 0.1) is 64.0 Å². The second kappa shape index (κ2) is 34.0. The maximum atomic E-state index is 13.7. The zero-order valence-corrected chi connectivity index (χ0v) is 43.9. The number of benzene rings is 3. The average Bonchev–Trinajstić information content (AvgIpc) is 3.42. The highest BCUT2D eigenvalue weighted by Gasteiger charge is 2.48. The Bertz CT molecular complexity index is 2700. The minimum Gasteiger partial charge on any atom is -0.494 e. The number of carboxylic acid groups (broad SMARTS) is 1. The molecule has 5 rings (SSSR count). The number of pyridine rings is 1. The number of guanidine groups is 1. The first-order chi connectivity index (χ1) is 37.9. The minimum absolute atomic E-state index is 0. The van der Waals surface area contributed by atoms with Crippen LogP contribution in [-0.4, -0.2) is 140 Å². The summed E-state index contributed by atoms with van der Waals surface area (Å²) in [5, 5.41) is 61.5. The van der Waals surface area contributed by atoms with E-state index in [1.54, 1.807) is 53.4 Å². The lowest BCUT2D eigenvalue weighted by atomic mass is 9.99. The SMILES string of the molecule is N#CNC(=NCCCCCCOc1ccc(Cl)cc1)Nc1cc[n+](Cc2ccc(O[C@@H]3O[C@H](C(=O)O)[C@@H](O)[C@H](O)[C@H]3O)c(NC(=O)CCNC(=O)CCOCCOCCOCCC(=O)Oc3c(F)c(F)c(F)c(F)c3F)c2)cc1.[CH3-]. The van der Waals surface area contributed by atoms with Crippen LogP contribution in [0.15, 0.2) is 72.0 Å². The van der Waals surface area contributed by atoms with Crippen LogP contribution in [0.5, 0.6) is 17.2 Å². The third-order valence-electron chi connectivity index (χ3n) is 11.2. The van der Waals surface area contributed by atoms with Crippen molar-refractivity contribution in [3.05, 3.63) is 114 Å². The number of aromatic nitrogens is 1. The first-order valence-corrected chi connectivity index (χ1v) is 24.9. The lowest BCUT2D eigenvalue weighted by Gasteiger charge is -2.38. The molecule has 1 saturated heterocycles. The van der Waals surface area contributed by atoms with Gasteiger partial charge in [-0.2, -0.15) is 14.0 Å². The third kappa shape index (κ3) is 21.1. The predicted molar refractivity (Wildman–Crippen MR) is 273 cm³/mol. The van der Waals surface area contributed by atoms with E-state index in [-0.39, 0.29) is 90.4 Å². The Labute approximate surface area is 461 Å². The molecular weight excluding hydrogens is 1090 g/mol. The number of hydrogen-bond donors (Lipinski definition) is 8. The van der Waals surface area contributed by atoms with Crippen LogP contribution >= 0.6 is 11.6 Å². The standard InChI is InChI=1S/C51H57ClF5N7O15.CH3/c52-31-6-8-33(9-7-31)76-20-4-2-1-3-16-60-51(61-29-58)62-32-12-18-64(19-13-32)28-30-5-10-35(77-50-46(70)44(68)45(69)48(79-50)49(71)72)34(27-30)63-37(66)11-17-59-36(65)14-21-73-23-25-75-26-24-74-22-15-38(67)78-47-42(56)40(54)39(53)41(55)43(47)57;/h5-10,12-13,18-19,27,44-46,48,50,68-70H,1-4,11,14-17,20-26,28H2,(H4,59,60,61,63,65,66,71,72);1H3/q;-1/p+1/t44-,45-,46+,48-,50+;/m0./s1. The highest BCUT2D eigenvalue weighted by molar-refractivity contribution is 6.30. The van der Waals surface area contributed by atoms with Crippen molar-refractivity contribution >= 4 is 52.7 Å². The van der Waals surface area contributed by atoms with Gasteiger partial charge < -0.3 is 77.0 Å². The van der Waals surface area contributed by atoms with Crippen LogP contribution in [0.1, 0.15) is 50.5 Å². The molecule has 436 valence electrons. The van der Waals surface area contributed by atoms with Gasteiger partial charge in [0.2, 0.25) is 58.9 Å². The number of amides is 2. The van der Waals surface area contributed by atoms with Crippen molar-refractivity contribution in [2.75, 3.05) is 70.0 Å². The molecule has 1 aliphatic heterocycles. The van der Waals surface area contributed by atoms with Crippen LogP contribution in [0.3, 0.4) is 0 Å². The summed E-state index contributed by atoms with van der Waals surface area (Å²) in [5.41, 5.74) is 1.28. The van der Waals surface area contributed by atoms with Crippen LogP contribution in [-0.2, 0) is 44.7 Å². The number of unbranched alkanes of at least 4 members (excludes halogenated alkanes) is 3. The number of nitriles is 1. The van der Waals surface area contributed by atoms with Gasteiger partial charge in [0.1, 0.15) is 29.8 Å². The Morgan fingerprint density at radius 1 is 0.725 bits per heavy atom. The maximum Gasteiger partial charge on any atom is 0.335 e. The average molecular weight is 1150 g/mol. The van der Waals surface area contributed by atoms with Crippen molar-refractivity contribution in [3.8, 4) is 23.4 Å². The number of carboxylic acids is 1. The number of aliphatic imine (C=N–C) groups is 1. The maximum absolute atomic E-state index is 13.7. The van der Waals surface area contributed by atoms with Gasteiger partial charge in [-0.3, -0.25) is 24.7 Å². The van der Waals surface area contributed by atoms with E-state index in [0.29, 0.717) is 29.4 Å². The molecule has 80 heavy (non-hydrogen) atoms. The summed E-state index contributed by atoms with van der Waals surface area (Å²) in [6.45, 7) is 0.946. The molecule has 3 aromatic carbocycles. The number of aliphatic carboxylic acids is 1. The summed E-state index contributed by atoms with van der Waals surface area (Å²) >= 11 is 5.91. The topological polar surface area (TPSA) is 302 Å². The quantitative estimate of drug-likeness (QED) is 0.00281. The summed E-state index contributed by atoms with van der Waals surface area (Å²) in [5.74, 6) is -16.3. The molecule has 0 spiro atoms. The summed E-state index contributed by atoms with van der Waals surface area (Å²) < 4.78 is 106. The third-order valence-corrected chi connectivity index (χ3v) is 11.5. The second-order valence-electron chi connectivity index (χ2n) is 17.1. The van der Waals surface area contributed by atoms with Crippen molar-refractivity contribution in [2.24, 2.45) is 4.99 Å². The van der Waals surface area contributed by atoms with Crippen molar-refractivity contribution in [2.45, 2.75) is 82.2 Å². The van der Waals surface area contributed by atoms with Gasteiger partial charge in [-0.15, -0.1) is 0 Å². The van der Waals surface area contributed by atoms with E-state index in [9.17, 15) is 66.8 Å². The van der Waals surface area contributed by atoms with E-state index in [0.717, 1.165) is 31.4 Å². The molecule has 1 aliphatic rings. The van der Waals surface area contributed by atoms with Gasteiger partial charge in [-0.05, 0) is 61.7 Å². The fraction of sp³-hybridized carbons (Fsp3) is 0.423. The molecule has 2 heterocycles. The van der Waals surface area contributed by atoms with E-state index in [4.69, 9.17) is 40.0 Å². The monoisotopic (exact) mass is 1150 g/mol. The van der Waals surface area contributed by atoms with E-state index in [1.165, 1.54) is 6.07 Å². The molecule has 8 N–H and O–H groups in total. The number of aliphatic hydroxyl groups excluding tert-OH is 3. The summed E-state index contributed by atoms with van der Waals surface area (Å²) in [4.78, 5) is 53.7. The van der Waals surface area contributed by atoms with Crippen molar-refractivity contribution in [1.29, 1.82) is 5.26 Å². The number of aliphatic hydroxyl groups is 3. The van der Waals surface area contributed by atoms with Crippen molar-refractivity contribution < 1.29 is 99.3 Å². The molecule has 0 saturated carbocycles. The van der Waals surface area contributed by atoms with Crippen molar-refractivity contribution in [3.63, 3.8) is 0 Å². The van der Waals surface area contributed by atoms with Crippen molar-refractivity contribution in [1.82, 2.24) is 10.6 Å². The van der Waals surface area contributed by atoms with E-state index in [2.05, 4.69) is 31.0 Å². The van der Waals surface area contributed by atoms with Gasteiger partial charge >= 0.3 is 11.9 Å². The molecule has 2 amide bonds. The highest BCUT2D eigenvalue weighted by atomic mass is 35.5. The predicted octanol–water partition coefficient (Wildman–Crippen LogP) is 4.45. The Morgan fingerprint density at radius 2 is 1.35 bits per heavy atom. The lowest BCUT2D eigenvalue weighted by molar-refractivity contribution is -0.688. The zero-order valence-electron chi connectivity index (χ0n) is 43.1. The number of esters is 1. The molecule has 0 aliphatic carbocycles. The van der Waals surface area contributed by atoms with E-state index >= 15 is 0 Å². The molecule has 1 fully saturated rings. The number of nitrogens with zero attached hydrogens (tertiary/aromatic N) is 3. The largest absolute Gasteiger partial charge is 0.494 e. The van der Waals surface area contributed by atoms with Crippen LogP contribution in [0.25, 0.3) is 0 Å². The molecule has 0 bridgehead atoms. The summed E-state index contributed by atoms with van der Waals surface area (Å²) in [7, 11) is 0. The number of ether oxygens (including phenoxy) is 7. The lowest BCUT2D eigenvalue weighted by Crippen LogP contribution is -2.61. The summed E-state index contributed by atoms with van der Waals surface area (Å²) in [6, 6.07) is 15.2. The van der Waals surface area contributed by atoms with Crippen LogP contribution in [0, 0.1) is 48.0 Å². The van der Waals surface area contributed by atoms with E-state index in [1.807, 2.05) is 18.3 Å². The second-order valence-corrected chi connectivity index (χ2v) is 17.5. The number of rotatable bonds is 31. The smallest absolute Gasteiger partial charge is 0.335 e. The number of nitrogens with one attached hydrogen (secondary N) is 4. The number of hydrogen-bond acceptors (Lipinski definition) is 16. The van der Waals surface area contributed by atoms with Crippen LogP contribution < -0.4 is 40.0 Å². The molecule has 0 radical (unpaired) electrons. The first-order valence-electron chi connectivity index (χ1n) is 24.5. The Morgan fingerprint density at radius 3 is 2.00 bits per heavy atom. The van der Waals surface area contributed by atoms with Gasteiger partial charge in [0.15, 0.2) is 31.2 Å². The number of halogens is 6. The first kappa shape index (κ1) is 65.2. The Kier molecular flexibility index (Phi) is 27.7. The zero-order chi connectivity index (χ0) is 57.3. The fourth-order valence-corrected chi connectivity index (χ4v) is 7.23. The highest BCUT2D eigenvalue weighted by Crippen LogP contribution is 2.32. The Hall–Kier alpha value is -7.29. The van der Waals surface area contributed by atoms with Crippen LogP contribution in [0.4, 0.5) is 33.3 Å². The molecule has 5 atom stereocenters. The molecule has 28 heteroatoms. The van der Waals surface area contributed by atoms with Gasteiger partial charge in [0.25, 0.3) is 0 Å². The Balaban J connectivity index is 0.0000138. The normalized spacial score (nSPS) is 16.9. The van der Waals surface area contributed by atoms with E-state index < -0.39 is 95.7 Å². The number of carbonyl (C=O) groups excluding carboxylic acids is 3. The van der Waals surface area contributed by atoms with Gasteiger partial charge in [-0.1, -0.05) is 18.0 Å². The fourth-order valence-electron chi connectivity index (χ4n) is 7.10. The molecule has 4 aromatic rings. The van der Waals surface area contributed by atoms with Gasteiger partial charge in [0, 0.05) is 48.6 Å².